The summed E-state index contributed by atoms with van der Waals surface area (Å²) in [5, 5.41) is 5.79. The molecule has 1 aliphatic rings. The first kappa shape index (κ1) is 25.3. The van der Waals surface area contributed by atoms with E-state index >= 15 is 0 Å². The van der Waals surface area contributed by atoms with Crippen molar-refractivity contribution in [3.63, 3.8) is 0 Å². The van der Waals surface area contributed by atoms with Crippen molar-refractivity contribution in [3.8, 4) is 0 Å². The lowest BCUT2D eigenvalue weighted by atomic mass is 9.94. The second-order valence-electron chi connectivity index (χ2n) is 9.10. The van der Waals surface area contributed by atoms with E-state index in [1.807, 2.05) is 24.3 Å². The first-order valence-electron chi connectivity index (χ1n) is 12.6. The molecule has 0 spiro atoms. The maximum Gasteiger partial charge on any atom is 0.287 e. The standard InChI is InChI=1S/C28H33N3O5/c1-2-20-12-14-21(15-13-20)26(28(34)30-22-8-4-3-5-9-22)31(19-23-10-6-16-35-23)25(32)18-29-27(33)24-11-7-17-36-24/h6-7,10-17,22,26H,2-5,8-9,18-19H2,1H3,(H,29,33)(H,30,34)/t26-/m1/s1. The van der Waals surface area contributed by atoms with Crippen molar-refractivity contribution < 1.29 is 23.2 Å². The van der Waals surface area contributed by atoms with Crippen LogP contribution in [0.3, 0.4) is 0 Å². The number of nitrogens with one attached hydrogen (secondary N) is 2. The van der Waals surface area contributed by atoms with Crippen molar-refractivity contribution in [2.45, 2.75) is 64.1 Å². The van der Waals surface area contributed by atoms with Crippen molar-refractivity contribution in [3.05, 3.63) is 83.7 Å². The summed E-state index contributed by atoms with van der Waals surface area (Å²) < 4.78 is 10.6. The van der Waals surface area contributed by atoms with Crippen LogP contribution in [0.2, 0.25) is 0 Å². The number of hydrogen-bond acceptors (Lipinski definition) is 5. The van der Waals surface area contributed by atoms with Gasteiger partial charge < -0.3 is 24.4 Å². The average Bonchev–Trinajstić information content (AvgIpc) is 3.62. The number of aryl methyl sites for hydroxylation is 1. The molecule has 0 saturated heterocycles. The number of carbonyl (C=O) groups excluding carboxylic acids is 3. The number of benzene rings is 1. The lowest BCUT2D eigenvalue weighted by Gasteiger charge is -2.33. The van der Waals surface area contributed by atoms with E-state index in [2.05, 4.69) is 17.6 Å². The maximum absolute atomic E-state index is 13.7. The summed E-state index contributed by atoms with van der Waals surface area (Å²) in [5.41, 5.74) is 1.84. The average molecular weight is 492 g/mol. The Bertz CT molecular complexity index is 1120. The van der Waals surface area contributed by atoms with Crippen LogP contribution < -0.4 is 10.6 Å². The second kappa shape index (κ2) is 12.2. The zero-order valence-corrected chi connectivity index (χ0v) is 20.6. The Morgan fingerprint density at radius 1 is 0.972 bits per heavy atom. The van der Waals surface area contributed by atoms with Crippen LogP contribution in [0.25, 0.3) is 0 Å². The SMILES string of the molecule is CCc1ccc([C@H](C(=O)NC2CCCCC2)N(Cc2ccco2)C(=O)CNC(=O)c2ccco2)cc1. The number of nitrogens with zero attached hydrogens (tertiary/aromatic N) is 1. The van der Waals surface area contributed by atoms with Crippen LogP contribution in [0.15, 0.2) is 69.9 Å². The van der Waals surface area contributed by atoms with E-state index < -0.39 is 17.9 Å². The molecule has 0 unspecified atom stereocenters. The van der Waals surface area contributed by atoms with E-state index in [-0.39, 0.29) is 30.8 Å². The molecule has 8 heteroatoms. The van der Waals surface area contributed by atoms with Crippen molar-refractivity contribution in [1.82, 2.24) is 15.5 Å². The lowest BCUT2D eigenvalue weighted by molar-refractivity contribution is -0.141. The highest BCUT2D eigenvalue weighted by Crippen LogP contribution is 2.26. The lowest BCUT2D eigenvalue weighted by Crippen LogP contribution is -2.49. The van der Waals surface area contributed by atoms with Crippen molar-refractivity contribution in [2.75, 3.05) is 6.54 Å². The van der Waals surface area contributed by atoms with Gasteiger partial charge in [0.1, 0.15) is 11.8 Å². The third-order valence-electron chi connectivity index (χ3n) is 6.59. The zero-order valence-electron chi connectivity index (χ0n) is 20.6. The van der Waals surface area contributed by atoms with Crippen LogP contribution in [0.5, 0.6) is 0 Å². The van der Waals surface area contributed by atoms with Gasteiger partial charge in [0.15, 0.2) is 5.76 Å². The minimum Gasteiger partial charge on any atom is -0.467 e. The molecule has 4 rings (SSSR count). The van der Waals surface area contributed by atoms with Gasteiger partial charge in [-0.05, 0) is 54.7 Å². The van der Waals surface area contributed by atoms with Crippen LogP contribution in [-0.2, 0) is 22.6 Å². The molecule has 3 aromatic rings. The van der Waals surface area contributed by atoms with Crippen LogP contribution in [0.4, 0.5) is 0 Å². The first-order valence-corrected chi connectivity index (χ1v) is 12.6. The Labute approximate surface area is 211 Å². The van der Waals surface area contributed by atoms with Gasteiger partial charge in [0.2, 0.25) is 11.8 Å². The van der Waals surface area contributed by atoms with Crippen LogP contribution in [-0.4, -0.2) is 35.2 Å². The number of furan rings is 2. The quantitative estimate of drug-likeness (QED) is 0.438. The van der Waals surface area contributed by atoms with E-state index in [0.717, 1.165) is 37.7 Å². The van der Waals surface area contributed by atoms with Gasteiger partial charge in [-0.1, -0.05) is 50.5 Å². The largest absolute Gasteiger partial charge is 0.467 e. The second-order valence-corrected chi connectivity index (χ2v) is 9.10. The van der Waals surface area contributed by atoms with E-state index in [1.165, 1.54) is 29.9 Å². The molecule has 0 aliphatic heterocycles. The third-order valence-corrected chi connectivity index (χ3v) is 6.59. The highest BCUT2D eigenvalue weighted by Gasteiger charge is 2.33. The van der Waals surface area contributed by atoms with Crippen molar-refractivity contribution >= 4 is 17.7 Å². The summed E-state index contributed by atoms with van der Waals surface area (Å²) >= 11 is 0. The van der Waals surface area contributed by atoms with Crippen LogP contribution in [0, 0.1) is 0 Å². The van der Waals surface area contributed by atoms with E-state index in [4.69, 9.17) is 8.83 Å². The van der Waals surface area contributed by atoms with E-state index in [0.29, 0.717) is 11.3 Å². The molecule has 8 nitrogen and oxygen atoms in total. The highest BCUT2D eigenvalue weighted by atomic mass is 16.3. The third kappa shape index (κ3) is 6.44. The molecule has 2 N–H and O–H groups in total. The van der Waals surface area contributed by atoms with Gasteiger partial charge in [0.05, 0.1) is 25.6 Å². The molecule has 1 saturated carbocycles. The van der Waals surface area contributed by atoms with Crippen LogP contribution >= 0.6 is 0 Å². The molecular formula is C28H33N3O5. The predicted octanol–water partition coefficient (Wildman–Crippen LogP) is 4.38. The fourth-order valence-electron chi connectivity index (χ4n) is 4.58. The smallest absolute Gasteiger partial charge is 0.287 e. The van der Waals surface area contributed by atoms with Gasteiger partial charge in [-0.15, -0.1) is 0 Å². The minimum atomic E-state index is -0.879. The van der Waals surface area contributed by atoms with Gasteiger partial charge in [0, 0.05) is 6.04 Å². The Morgan fingerprint density at radius 3 is 2.33 bits per heavy atom. The predicted molar refractivity (Wildman–Crippen MR) is 134 cm³/mol. The molecule has 1 aliphatic carbocycles. The van der Waals surface area contributed by atoms with Crippen molar-refractivity contribution in [1.29, 1.82) is 0 Å². The first-order chi connectivity index (χ1) is 17.5. The Morgan fingerprint density at radius 2 is 1.69 bits per heavy atom. The Kier molecular flexibility index (Phi) is 8.60. The molecule has 0 bridgehead atoms. The molecule has 1 fully saturated rings. The topological polar surface area (TPSA) is 105 Å². The van der Waals surface area contributed by atoms with Crippen LogP contribution in [0.1, 0.15) is 72.5 Å². The summed E-state index contributed by atoms with van der Waals surface area (Å²) in [5.74, 6) is -0.483. The zero-order chi connectivity index (χ0) is 25.3. The van der Waals surface area contributed by atoms with Gasteiger partial charge in [0.25, 0.3) is 5.91 Å². The monoisotopic (exact) mass is 491 g/mol. The summed E-state index contributed by atoms with van der Waals surface area (Å²) in [6, 6.07) is 13.6. The van der Waals surface area contributed by atoms with E-state index in [1.54, 1.807) is 18.2 Å². The molecule has 2 heterocycles. The molecular weight excluding hydrogens is 458 g/mol. The summed E-state index contributed by atoms with van der Waals surface area (Å²) in [4.78, 5) is 41.1. The summed E-state index contributed by atoms with van der Waals surface area (Å²) in [7, 11) is 0. The maximum atomic E-state index is 13.7. The fourth-order valence-corrected chi connectivity index (χ4v) is 4.58. The van der Waals surface area contributed by atoms with E-state index in [9.17, 15) is 14.4 Å². The molecule has 36 heavy (non-hydrogen) atoms. The Hall–Kier alpha value is -3.81. The fraction of sp³-hybridized carbons (Fsp3) is 0.393. The number of carbonyl (C=O) groups is 3. The normalized spacial score (nSPS) is 14.7. The number of hydrogen-bond donors (Lipinski definition) is 2. The van der Waals surface area contributed by atoms with Gasteiger partial charge in [-0.2, -0.15) is 0 Å². The molecule has 1 atom stereocenters. The Balaban J connectivity index is 1.61. The number of rotatable bonds is 10. The molecule has 3 amide bonds. The molecule has 2 aromatic heterocycles. The molecule has 1 aromatic carbocycles. The van der Waals surface area contributed by atoms with Gasteiger partial charge >= 0.3 is 0 Å². The summed E-state index contributed by atoms with van der Waals surface area (Å²) in [6.07, 6.45) is 8.98. The highest BCUT2D eigenvalue weighted by molar-refractivity contribution is 5.95. The van der Waals surface area contributed by atoms with Gasteiger partial charge in [-0.3, -0.25) is 14.4 Å². The molecule has 190 valence electrons. The number of amides is 3. The van der Waals surface area contributed by atoms with Gasteiger partial charge in [-0.25, -0.2) is 0 Å². The molecule has 0 radical (unpaired) electrons. The van der Waals surface area contributed by atoms with Crippen molar-refractivity contribution in [2.24, 2.45) is 0 Å². The minimum absolute atomic E-state index is 0.0841. The summed E-state index contributed by atoms with van der Waals surface area (Å²) in [6.45, 7) is 1.86.